The second-order valence-corrected chi connectivity index (χ2v) is 8.38. The van der Waals surface area contributed by atoms with Crippen LogP contribution in [0.25, 0.3) is 22.0 Å². The Labute approximate surface area is 219 Å². The van der Waals surface area contributed by atoms with Crippen LogP contribution in [0, 0.1) is 0 Å². The Hall–Kier alpha value is -5.17. The molecule has 7 nitrogen and oxygen atoms in total. The zero-order valence-corrected chi connectivity index (χ0v) is 20.7. The molecular formula is C31H25N3O4. The van der Waals surface area contributed by atoms with Gasteiger partial charge in [0.1, 0.15) is 5.69 Å². The summed E-state index contributed by atoms with van der Waals surface area (Å²) in [5, 5.41) is 5.11. The van der Waals surface area contributed by atoms with E-state index in [1.54, 1.807) is 42.5 Å². The maximum Gasteiger partial charge on any atom is 0.343 e. The summed E-state index contributed by atoms with van der Waals surface area (Å²) in [4.78, 5) is 28.8. The molecule has 0 saturated heterocycles. The van der Waals surface area contributed by atoms with E-state index in [4.69, 9.17) is 9.47 Å². The summed E-state index contributed by atoms with van der Waals surface area (Å²) < 4.78 is 11.2. The normalized spacial score (nSPS) is 11.0. The molecule has 0 radical (unpaired) electrons. The highest BCUT2D eigenvalue weighted by molar-refractivity contribution is 6.09. The van der Waals surface area contributed by atoms with Crippen LogP contribution >= 0.6 is 0 Å². The summed E-state index contributed by atoms with van der Waals surface area (Å²) in [5.74, 6) is -0.149. The zero-order valence-electron chi connectivity index (χ0n) is 20.7. The van der Waals surface area contributed by atoms with Crippen LogP contribution in [0.2, 0.25) is 0 Å². The van der Waals surface area contributed by atoms with Crippen molar-refractivity contribution in [2.24, 2.45) is 5.10 Å². The molecule has 7 heteroatoms. The van der Waals surface area contributed by atoms with Gasteiger partial charge in [0.15, 0.2) is 11.5 Å². The maximum atomic E-state index is 13.1. The molecule has 0 bridgehead atoms. The first-order chi connectivity index (χ1) is 18.6. The summed E-state index contributed by atoms with van der Waals surface area (Å²) in [6.07, 6.45) is 1.51. The number of hydrogen-bond acceptors (Lipinski definition) is 5. The van der Waals surface area contributed by atoms with Gasteiger partial charge in [0.2, 0.25) is 0 Å². The van der Waals surface area contributed by atoms with Crippen LogP contribution in [0.3, 0.4) is 0 Å². The molecule has 0 aliphatic rings. The first kappa shape index (κ1) is 24.5. The Morgan fingerprint density at radius 1 is 0.868 bits per heavy atom. The maximum absolute atomic E-state index is 13.1. The number of carbonyl (C=O) groups excluding carboxylic acids is 2. The minimum Gasteiger partial charge on any atom is -0.490 e. The zero-order chi connectivity index (χ0) is 26.3. The Morgan fingerprint density at radius 2 is 1.58 bits per heavy atom. The Kier molecular flexibility index (Phi) is 7.27. The number of ether oxygens (including phenoxy) is 2. The van der Waals surface area contributed by atoms with Crippen molar-refractivity contribution in [2.45, 2.75) is 6.92 Å². The molecule has 5 aromatic rings. The molecule has 0 saturated carbocycles. The number of hydrazone groups is 1. The quantitative estimate of drug-likeness (QED) is 0.114. The second-order valence-electron chi connectivity index (χ2n) is 8.38. The number of aromatic nitrogens is 1. The third kappa shape index (κ3) is 5.32. The minimum atomic E-state index is -0.479. The Morgan fingerprint density at radius 3 is 2.34 bits per heavy atom. The van der Waals surface area contributed by atoms with E-state index in [1.807, 2.05) is 67.6 Å². The van der Waals surface area contributed by atoms with Gasteiger partial charge in [0.25, 0.3) is 5.91 Å². The first-order valence-electron chi connectivity index (χ1n) is 12.2. The smallest absolute Gasteiger partial charge is 0.343 e. The van der Waals surface area contributed by atoms with E-state index in [0.29, 0.717) is 34.9 Å². The van der Waals surface area contributed by atoms with Gasteiger partial charge >= 0.3 is 5.97 Å². The molecular weight excluding hydrogens is 478 g/mol. The van der Waals surface area contributed by atoms with E-state index in [-0.39, 0.29) is 5.91 Å². The van der Waals surface area contributed by atoms with Gasteiger partial charge in [-0.15, -0.1) is 0 Å². The van der Waals surface area contributed by atoms with Crippen molar-refractivity contribution in [2.75, 3.05) is 6.61 Å². The lowest BCUT2D eigenvalue weighted by Crippen LogP contribution is -2.18. The van der Waals surface area contributed by atoms with Crippen molar-refractivity contribution in [3.05, 3.63) is 120 Å². The monoisotopic (exact) mass is 503 g/mol. The van der Waals surface area contributed by atoms with E-state index in [9.17, 15) is 9.59 Å². The minimum absolute atomic E-state index is 0.299. The fourth-order valence-corrected chi connectivity index (χ4v) is 4.13. The Balaban J connectivity index is 1.35. The van der Waals surface area contributed by atoms with Gasteiger partial charge in [-0.25, -0.2) is 10.2 Å². The third-order valence-electron chi connectivity index (χ3n) is 5.86. The number of H-pyrrole nitrogens is 1. The first-order valence-corrected chi connectivity index (χ1v) is 12.2. The summed E-state index contributed by atoms with van der Waals surface area (Å²) >= 11 is 0. The molecule has 0 atom stereocenters. The van der Waals surface area contributed by atoms with E-state index >= 15 is 0 Å². The molecule has 1 aromatic heterocycles. The molecule has 0 unspecified atom stereocenters. The predicted molar refractivity (Wildman–Crippen MR) is 148 cm³/mol. The van der Waals surface area contributed by atoms with Crippen LogP contribution in [0.4, 0.5) is 0 Å². The Bertz CT molecular complexity index is 1610. The van der Waals surface area contributed by atoms with Gasteiger partial charge in [-0.3, -0.25) is 4.79 Å². The average Bonchev–Trinajstić information content (AvgIpc) is 3.35. The lowest BCUT2D eigenvalue weighted by Gasteiger charge is -2.11. The number of nitrogens with zero attached hydrogens (tertiary/aromatic N) is 1. The van der Waals surface area contributed by atoms with Crippen LogP contribution in [-0.2, 0) is 0 Å². The second kappa shape index (κ2) is 11.3. The molecule has 4 aromatic carbocycles. The number of rotatable bonds is 8. The largest absolute Gasteiger partial charge is 0.490 e. The van der Waals surface area contributed by atoms with Crippen LogP contribution in [0.1, 0.15) is 33.3 Å². The van der Waals surface area contributed by atoms with E-state index < -0.39 is 5.97 Å². The molecule has 0 fully saturated rings. The predicted octanol–water partition coefficient (Wildman–Crippen LogP) is 6.22. The van der Waals surface area contributed by atoms with Crippen molar-refractivity contribution >= 4 is 29.0 Å². The summed E-state index contributed by atoms with van der Waals surface area (Å²) in [6.45, 7) is 2.23. The third-order valence-corrected chi connectivity index (χ3v) is 5.86. The molecule has 0 spiro atoms. The molecule has 0 aliphatic heterocycles. The standard InChI is InChI=1S/C31H25N3O4/c1-2-37-27-19-21(17-18-26(27)38-31(36)23-13-7-4-8-14-23)20-32-34-30(35)29-28(22-11-5-3-6-12-22)24-15-9-10-16-25(24)33-29/h3-20,33H,2H2,1H3,(H,34,35). The van der Waals surface area contributed by atoms with Gasteiger partial charge in [-0.1, -0.05) is 66.7 Å². The molecule has 1 amide bonds. The molecule has 0 aliphatic carbocycles. The van der Waals surface area contributed by atoms with Crippen LogP contribution in [0.5, 0.6) is 11.5 Å². The number of benzene rings is 4. The average molecular weight is 504 g/mol. The molecule has 188 valence electrons. The van der Waals surface area contributed by atoms with Crippen LogP contribution in [-0.4, -0.2) is 29.7 Å². The van der Waals surface area contributed by atoms with Crippen molar-refractivity contribution in [3.63, 3.8) is 0 Å². The number of amides is 1. The van der Waals surface area contributed by atoms with E-state index in [1.165, 1.54) is 6.21 Å². The molecule has 5 rings (SSSR count). The van der Waals surface area contributed by atoms with Gasteiger partial charge in [-0.05, 0) is 54.4 Å². The molecule has 2 N–H and O–H groups in total. The number of carbonyl (C=O) groups is 2. The van der Waals surface area contributed by atoms with Crippen molar-refractivity contribution < 1.29 is 19.1 Å². The number of fused-ring (bicyclic) bond motifs is 1. The van der Waals surface area contributed by atoms with Crippen molar-refractivity contribution in [1.82, 2.24) is 10.4 Å². The number of nitrogens with one attached hydrogen (secondary N) is 2. The molecule has 1 heterocycles. The lowest BCUT2D eigenvalue weighted by atomic mass is 10.0. The summed E-state index contributed by atoms with van der Waals surface area (Å²) in [6, 6.07) is 31.3. The SMILES string of the molecule is CCOc1cc(C=NNC(=O)c2[nH]c3ccccc3c2-c2ccccc2)ccc1OC(=O)c1ccccc1. The number of esters is 1. The van der Waals surface area contributed by atoms with E-state index in [2.05, 4.69) is 15.5 Å². The summed E-state index contributed by atoms with van der Waals surface area (Å²) in [7, 11) is 0. The number of aromatic amines is 1. The number of para-hydroxylation sites is 1. The van der Waals surface area contributed by atoms with Gasteiger partial charge < -0.3 is 14.5 Å². The summed E-state index contributed by atoms with van der Waals surface area (Å²) in [5.41, 5.74) is 6.75. The highest BCUT2D eigenvalue weighted by atomic mass is 16.6. The van der Waals surface area contributed by atoms with E-state index in [0.717, 1.165) is 22.0 Å². The fourth-order valence-electron chi connectivity index (χ4n) is 4.13. The van der Waals surface area contributed by atoms with Gasteiger partial charge in [0, 0.05) is 16.5 Å². The molecule has 38 heavy (non-hydrogen) atoms. The lowest BCUT2D eigenvalue weighted by molar-refractivity contribution is 0.0728. The van der Waals surface area contributed by atoms with Gasteiger partial charge in [-0.2, -0.15) is 5.10 Å². The van der Waals surface area contributed by atoms with Crippen molar-refractivity contribution in [3.8, 4) is 22.6 Å². The van der Waals surface area contributed by atoms with Crippen LogP contribution < -0.4 is 14.9 Å². The topological polar surface area (TPSA) is 92.8 Å². The van der Waals surface area contributed by atoms with Crippen molar-refractivity contribution in [1.29, 1.82) is 0 Å². The number of hydrogen-bond donors (Lipinski definition) is 2. The highest BCUT2D eigenvalue weighted by Gasteiger charge is 2.19. The van der Waals surface area contributed by atoms with Crippen LogP contribution in [0.15, 0.2) is 108 Å². The fraction of sp³-hybridized carbons (Fsp3) is 0.0645. The highest BCUT2D eigenvalue weighted by Crippen LogP contribution is 2.32. The van der Waals surface area contributed by atoms with Gasteiger partial charge in [0.05, 0.1) is 18.4 Å².